The van der Waals surface area contributed by atoms with Crippen molar-refractivity contribution < 1.29 is 33.6 Å². The van der Waals surface area contributed by atoms with Crippen molar-refractivity contribution in [3.8, 4) is 28.7 Å². The summed E-state index contributed by atoms with van der Waals surface area (Å²) in [4.78, 5) is 24.4. The number of hydrogen-bond donors (Lipinski definition) is 3. The summed E-state index contributed by atoms with van der Waals surface area (Å²) >= 11 is 0. The van der Waals surface area contributed by atoms with Crippen LogP contribution in [0.4, 0.5) is 0 Å². The van der Waals surface area contributed by atoms with E-state index in [1.54, 1.807) is 19.1 Å². The van der Waals surface area contributed by atoms with E-state index in [1.807, 2.05) is 0 Å². The summed E-state index contributed by atoms with van der Waals surface area (Å²) in [5.41, 5.74) is 3.16. The van der Waals surface area contributed by atoms with Crippen molar-refractivity contribution in [1.29, 1.82) is 0 Å². The van der Waals surface area contributed by atoms with Gasteiger partial charge in [0.1, 0.15) is 0 Å². The van der Waals surface area contributed by atoms with Gasteiger partial charge in [0.25, 0.3) is 11.8 Å². The van der Waals surface area contributed by atoms with Crippen LogP contribution in [0.15, 0.2) is 35.4 Å². The van der Waals surface area contributed by atoms with Crippen molar-refractivity contribution in [3.63, 3.8) is 0 Å². The number of hydrazone groups is 1. The Balaban J connectivity index is 1.95. The molecule has 0 radical (unpaired) electrons. The van der Waals surface area contributed by atoms with Crippen LogP contribution in [0.3, 0.4) is 0 Å². The molecule has 10 nitrogen and oxygen atoms in total. The van der Waals surface area contributed by atoms with Crippen LogP contribution in [0.1, 0.15) is 22.8 Å². The molecular weight excluding hydrogens is 406 g/mol. The minimum Gasteiger partial charge on any atom is -0.504 e. The molecule has 0 aliphatic rings. The van der Waals surface area contributed by atoms with E-state index in [0.717, 1.165) is 0 Å². The van der Waals surface area contributed by atoms with Gasteiger partial charge in [-0.2, -0.15) is 5.10 Å². The lowest BCUT2D eigenvalue weighted by atomic mass is 10.1. The molecule has 3 N–H and O–H groups in total. The summed E-state index contributed by atoms with van der Waals surface area (Å²) in [5.74, 6) is 0.296. The molecule has 0 saturated carbocycles. The van der Waals surface area contributed by atoms with Crippen molar-refractivity contribution in [1.82, 2.24) is 10.7 Å². The maximum atomic E-state index is 12.4. The predicted molar refractivity (Wildman–Crippen MR) is 113 cm³/mol. The van der Waals surface area contributed by atoms with Crippen LogP contribution in [0.5, 0.6) is 28.7 Å². The van der Waals surface area contributed by atoms with Gasteiger partial charge < -0.3 is 29.4 Å². The minimum absolute atomic E-state index is 0.0116. The van der Waals surface area contributed by atoms with Crippen molar-refractivity contribution in [3.05, 3.63) is 41.5 Å². The second-order valence-electron chi connectivity index (χ2n) is 6.05. The molecule has 0 aromatic heterocycles. The Morgan fingerprint density at radius 3 is 2.29 bits per heavy atom. The number of aromatic hydroxyl groups is 1. The molecule has 2 aromatic rings. The Bertz CT molecular complexity index is 935. The lowest BCUT2D eigenvalue weighted by Crippen LogP contribution is -2.34. The molecule has 0 bridgehead atoms. The third-order valence-electron chi connectivity index (χ3n) is 4.02. The fourth-order valence-electron chi connectivity index (χ4n) is 2.58. The third kappa shape index (κ3) is 6.26. The van der Waals surface area contributed by atoms with E-state index in [1.165, 1.54) is 45.7 Å². The summed E-state index contributed by atoms with van der Waals surface area (Å²) in [6, 6.07) is 7.62. The highest BCUT2D eigenvalue weighted by molar-refractivity contribution is 5.97. The predicted octanol–water partition coefficient (Wildman–Crippen LogP) is 1.70. The van der Waals surface area contributed by atoms with Gasteiger partial charge in [-0.25, -0.2) is 5.43 Å². The fraction of sp³-hybridized carbons (Fsp3) is 0.286. The standard InChI is InChI=1S/C21H25N3O7/c1-5-31-16-8-13(6-7-15(16)25)11-23-24-19(26)12-22-21(27)14-9-17(28-2)20(30-4)18(10-14)29-3/h6-11,25H,5,12H2,1-4H3,(H,22,27)(H,24,26)/b23-11-. The van der Waals surface area contributed by atoms with E-state index in [4.69, 9.17) is 18.9 Å². The second-order valence-corrected chi connectivity index (χ2v) is 6.05. The molecular formula is C21H25N3O7. The van der Waals surface area contributed by atoms with Gasteiger partial charge in [-0.3, -0.25) is 9.59 Å². The van der Waals surface area contributed by atoms with Crippen LogP contribution in [0, 0.1) is 0 Å². The van der Waals surface area contributed by atoms with E-state index in [2.05, 4.69) is 15.8 Å². The van der Waals surface area contributed by atoms with E-state index >= 15 is 0 Å². The molecule has 0 spiro atoms. The number of carbonyl (C=O) groups is 2. The number of phenols is 1. The van der Waals surface area contributed by atoms with Gasteiger partial charge in [-0.05, 0) is 42.8 Å². The van der Waals surface area contributed by atoms with E-state index in [-0.39, 0.29) is 17.9 Å². The third-order valence-corrected chi connectivity index (χ3v) is 4.02. The maximum Gasteiger partial charge on any atom is 0.259 e. The minimum atomic E-state index is -0.527. The molecule has 2 rings (SSSR count). The average Bonchev–Trinajstić information content (AvgIpc) is 2.78. The fourth-order valence-corrected chi connectivity index (χ4v) is 2.58. The zero-order valence-electron chi connectivity index (χ0n) is 17.7. The van der Waals surface area contributed by atoms with E-state index < -0.39 is 11.8 Å². The van der Waals surface area contributed by atoms with Crippen LogP contribution in [-0.4, -0.2) is 57.6 Å². The molecule has 0 aliphatic heterocycles. The van der Waals surface area contributed by atoms with Crippen LogP contribution < -0.4 is 29.7 Å². The van der Waals surface area contributed by atoms with Crippen LogP contribution in [0.25, 0.3) is 0 Å². The summed E-state index contributed by atoms with van der Waals surface area (Å²) in [6.07, 6.45) is 1.39. The molecule has 0 atom stereocenters. The molecule has 10 heteroatoms. The average molecular weight is 431 g/mol. The smallest absolute Gasteiger partial charge is 0.259 e. The van der Waals surface area contributed by atoms with Crippen molar-refractivity contribution in [2.45, 2.75) is 6.92 Å². The van der Waals surface area contributed by atoms with Crippen molar-refractivity contribution in [2.24, 2.45) is 5.10 Å². The Labute approximate surface area is 179 Å². The molecule has 0 unspecified atom stereocenters. The second kappa shape index (κ2) is 11.3. The monoisotopic (exact) mass is 431 g/mol. The topological polar surface area (TPSA) is 128 Å². The molecule has 0 saturated heterocycles. The van der Waals surface area contributed by atoms with Crippen LogP contribution >= 0.6 is 0 Å². The highest BCUT2D eigenvalue weighted by atomic mass is 16.5. The number of hydrogen-bond acceptors (Lipinski definition) is 8. The highest BCUT2D eigenvalue weighted by Gasteiger charge is 2.17. The Morgan fingerprint density at radius 2 is 1.71 bits per heavy atom. The number of ether oxygens (including phenoxy) is 4. The Morgan fingerprint density at radius 1 is 1.03 bits per heavy atom. The number of benzene rings is 2. The number of rotatable bonds is 10. The molecule has 31 heavy (non-hydrogen) atoms. The first-order valence-corrected chi connectivity index (χ1v) is 9.29. The van der Waals surface area contributed by atoms with Crippen LogP contribution in [0.2, 0.25) is 0 Å². The number of carbonyl (C=O) groups excluding carboxylic acids is 2. The van der Waals surface area contributed by atoms with Gasteiger partial charge in [0, 0.05) is 5.56 Å². The van der Waals surface area contributed by atoms with Crippen LogP contribution in [-0.2, 0) is 4.79 Å². The first-order chi connectivity index (χ1) is 14.9. The Kier molecular flexibility index (Phi) is 8.50. The number of nitrogens with zero attached hydrogens (tertiary/aromatic N) is 1. The number of methoxy groups -OCH3 is 3. The molecule has 2 amide bonds. The van der Waals surface area contributed by atoms with Crippen molar-refractivity contribution in [2.75, 3.05) is 34.5 Å². The first-order valence-electron chi connectivity index (χ1n) is 9.29. The molecule has 0 fully saturated rings. The highest BCUT2D eigenvalue weighted by Crippen LogP contribution is 2.38. The normalized spacial score (nSPS) is 10.5. The van der Waals surface area contributed by atoms with Gasteiger partial charge in [0.2, 0.25) is 5.75 Å². The summed E-state index contributed by atoms with van der Waals surface area (Å²) < 4.78 is 20.9. The van der Waals surface area contributed by atoms with E-state index in [0.29, 0.717) is 35.2 Å². The maximum absolute atomic E-state index is 12.4. The van der Waals surface area contributed by atoms with Gasteiger partial charge >= 0.3 is 0 Å². The quantitative estimate of drug-likeness (QED) is 0.386. The molecule has 166 valence electrons. The largest absolute Gasteiger partial charge is 0.504 e. The van der Waals surface area contributed by atoms with Gasteiger partial charge in [0.05, 0.1) is 40.7 Å². The summed E-state index contributed by atoms with van der Waals surface area (Å²) in [5, 5.41) is 16.0. The number of amides is 2. The van der Waals surface area contributed by atoms with Gasteiger partial charge in [-0.1, -0.05) is 0 Å². The number of nitrogens with one attached hydrogen (secondary N) is 2. The lowest BCUT2D eigenvalue weighted by molar-refractivity contribution is -0.120. The zero-order chi connectivity index (χ0) is 22.8. The van der Waals surface area contributed by atoms with Crippen molar-refractivity contribution >= 4 is 18.0 Å². The van der Waals surface area contributed by atoms with Gasteiger partial charge in [0.15, 0.2) is 23.0 Å². The molecule has 0 heterocycles. The van der Waals surface area contributed by atoms with E-state index in [9.17, 15) is 14.7 Å². The Hall–Kier alpha value is -3.95. The molecule has 0 aliphatic carbocycles. The number of phenolic OH excluding ortho intramolecular Hbond substituents is 1. The summed E-state index contributed by atoms with van der Waals surface area (Å²) in [6.45, 7) is 1.90. The zero-order valence-corrected chi connectivity index (χ0v) is 17.7. The SMILES string of the molecule is CCOc1cc(/C=N\NC(=O)CNC(=O)c2cc(OC)c(OC)c(OC)c2)ccc1O. The van der Waals surface area contributed by atoms with Gasteiger partial charge in [-0.15, -0.1) is 0 Å². The first kappa shape index (κ1) is 23.3. The molecule has 2 aromatic carbocycles. The summed E-state index contributed by atoms with van der Waals surface area (Å²) in [7, 11) is 4.34. The lowest BCUT2D eigenvalue weighted by Gasteiger charge is -2.14.